The van der Waals surface area contributed by atoms with Crippen LogP contribution in [0.25, 0.3) is 0 Å². The van der Waals surface area contributed by atoms with E-state index in [1.807, 2.05) is 0 Å². The Morgan fingerprint density at radius 1 is 1.43 bits per heavy atom. The van der Waals surface area contributed by atoms with Gasteiger partial charge in [-0.3, -0.25) is 0 Å². The van der Waals surface area contributed by atoms with Gasteiger partial charge in [0, 0.05) is 6.42 Å². The second-order valence-electron chi connectivity index (χ2n) is 4.24. The number of aryl methyl sites for hydroxylation is 2. The van der Waals surface area contributed by atoms with E-state index in [-0.39, 0.29) is 0 Å². The van der Waals surface area contributed by atoms with Crippen LogP contribution in [0.1, 0.15) is 29.5 Å². The Morgan fingerprint density at radius 3 is 3.07 bits per heavy atom. The Morgan fingerprint density at radius 2 is 2.29 bits per heavy atom. The SMILES string of the molecule is Cc1ccc2c(c1)CC(CC#N)CC2. The summed E-state index contributed by atoms with van der Waals surface area (Å²) in [6.07, 6.45) is 4.16. The van der Waals surface area contributed by atoms with Gasteiger partial charge in [0.05, 0.1) is 6.07 Å². The molecule has 1 nitrogen and oxygen atoms in total. The number of hydrogen-bond donors (Lipinski definition) is 0. The first-order chi connectivity index (χ1) is 6.79. The van der Waals surface area contributed by atoms with E-state index in [2.05, 4.69) is 31.2 Å². The molecule has 1 unspecified atom stereocenters. The average molecular weight is 185 g/mol. The summed E-state index contributed by atoms with van der Waals surface area (Å²) in [7, 11) is 0. The summed E-state index contributed by atoms with van der Waals surface area (Å²) in [5, 5.41) is 8.67. The van der Waals surface area contributed by atoms with E-state index in [9.17, 15) is 0 Å². The number of hydrogen-bond acceptors (Lipinski definition) is 1. The third-order valence-electron chi connectivity index (χ3n) is 3.07. The molecule has 2 rings (SSSR count). The summed E-state index contributed by atoms with van der Waals surface area (Å²) in [6.45, 7) is 2.13. The first kappa shape index (κ1) is 9.27. The maximum Gasteiger partial charge on any atom is 0.0624 e. The molecule has 0 amide bonds. The van der Waals surface area contributed by atoms with Crippen LogP contribution in [0.3, 0.4) is 0 Å². The van der Waals surface area contributed by atoms with Crippen molar-refractivity contribution in [3.63, 3.8) is 0 Å². The van der Waals surface area contributed by atoms with Crippen LogP contribution >= 0.6 is 0 Å². The minimum Gasteiger partial charge on any atom is -0.198 e. The van der Waals surface area contributed by atoms with Gasteiger partial charge >= 0.3 is 0 Å². The third-order valence-corrected chi connectivity index (χ3v) is 3.07. The zero-order chi connectivity index (χ0) is 9.97. The van der Waals surface area contributed by atoms with Gasteiger partial charge < -0.3 is 0 Å². The molecule has 1 aliphatic carbocycles. The number of nitriles is 1. The second-order valence-corrected chi connectivity index (χ2v) is 4.24. The fourth-order valence-electron chi connectivity index (χ4n) is 2.26. The van der Waals surface area contributed by atoms with Gasteiger partial charge in [0.15, 0.2) is 0 Å². The molecule has 0 heterocycles. The highest BCUT2D eigenvalue weighted by Crippen LogP contribution is 2.27. The lowest BCUT2D eigenvalue weighted by Crippen LogP contribution is -2.13. The van der Waals surface area contributed by atoms with Crippen LogP contribution in [0, 0.1) is 24.2 Å². The molecule has 0 saturated heterocycles. The summed E-state index contributed by atoms with van der Waals surface area (Å²) in [5.74, 6) is 0.592. The third kappa shape index (κ3) is 1.80. The monoisotopic (exact) mass is 185 g/mol. The van der Waals surface area contributed by atoms with Crippen molar-refractivity contribution < 1.29 is 0 Å². The Balaban J connectivity index is 2.21. The molecule has 0 radical (unpaired) electrons. The minimum absolute atomic E-state index is 0.592. The van der Waals surface area contributed by atoms with E-state index in [0.717, 1.165) is 12.8 Å². The molecule has 1 aromatic carbocycles. The molecule has 1 aromatic rings. The van der Waals surface area contributed by atoms with E-state index in [0.29, 0.717) is 12.3 Å². The minimum atomic E-state index is 0.592. The molecule has 0 saturated carbocycles. The van der Waals surface area contributed by atoms with Gasteiger partial charge in [-0.1, -0.05) is 23.8 Å². The van der Waals surface area contributed by atoms with Gasteiger partial charge in [0.2, 0.25) is 0 Å². The number of nitrogens with zero attached hydrogens (tertiary/aromatic N) is 1. The predicted octanol–water partition coefficient (Wildman–Crippen LogP) is 3.01. The first-order valence-corrected chi connectivity index (χ1v) is 5.25. The van der Waals surface area contributed by atoms with Gasteiger partial charge in [0.1, 0.15) is 0 Å². The lowest BCUT2D eigenvalue weighted by atomic mass is 9.82. The molecule has 0 spiro atoms. The van der Waals surface area contributed by atoms with Crippen molar-refractivity contribution in [1.29, 1.82) is 5.26 Å². The fraction of sp³-hybridized carbons (Fsp3) is 0.462. The summed E-state index contributed by atoms with van der Waals surface area (Å²) < 4.78 is 0. The van der Waals surface area contributed by atoms with Crippen molar-refractivity contribution in [2.24, 2.45) is 5.92 Å². The average Bonchev–Trinajstić information content (AvgIpc) is 2.17. The Hall–Kier alpha value is -1.29. The molecular formula is C13H15N. The van der Waals surface area contributed by atoms with Crippen molar-refractivity contribution in [3.8, 4) is 6.07 Å². The van der Waals surface area contributed by atoms with Crippen molar-refractivity contribution >= 4 is 0 Å². The fourth-order valence-corrected chi connectivity index (χ4v) is 2.26. The molecule has 14 heavy (non-hydrogen) atoms. The van der Waals surface area contributed by atoms with E-state index in [1.54, 1.807) is 0 Å². The largest absolute Gasteiger partial charge is 0.198 e. The van der Waals surface area contributed by atoms with Crippen molar-refractivity contribution in [2.75, 3.05) is 0 Å². The maximum atomic E-state index is 8.67. The topological polar surface area (TPSA) is 23.8 Å². The van der Waals surface area contributed by atoms with Gasteiger partial charge in [-0.15, -0.1) is 0 Å². The van der Waals surface area contributed by atoms with E-state index >= 15 is 0 Å². The van der Waals surface area contributed by atoms with Crippen LogP contribution in [0.15, 0.2) is 18.2 Å². The molecule has 0 N–H and O–H groups in total. The Kier molecular flexibility index (Phi) is 2.54. The number of benzene rings is 1. The van der Waals surface area contributed by atoms with Gasteiger partial charge in [-0.2, -0.15) is 5.26 Å². The predicted molar refractivity (Wildman–Crippen MR) is 56.9 cm³/mol. The van der Waals surface area contributed by atoms with Crippen LogP contribution in [0.4, 0.5) is 0 Å². The van der Waals surface area contributed by atoms with E-state index < -0.39 is 0 Å². The van der Waals surface area contributed by atoms with Gasteiger partial charge in [-0.25, -0.2) is 0 Å². The number of rotatable bonds is 1. The second kappa shape index (κ2) is 3.84. The van der Waals surface area contributed by atoms with Crippen molar-refractivity contribution in [1.82, 2.24) is 0 Å². The highest BCUT2D eigenvalue weighted by molar-refractivity contribution is 5.33. The normalized spacial score (nSPS) is 19.9. The summed E-state index contributed by atoms with van der Waals surface area (Å²) in [4.78, 5) is 0. The quantitative estimate of drug-likeness (QED) is 0.659. The van der Waals surface area contributed by atoms with Crippen LogP contribution in [0.5, 0.6) is 0 Å². The van der Waals surface area contributed by atoms with Crippen molar-refractivity contribution in [2.45, 2.75) is 32.6 Å². The molecule has 0 aliphatic heterocycles. The lowest BCUT2D eigenvalue weighted by Gasteiger charge is -2.22. The molecule has 1 atom stereocenters. The van der Waals surface area contributed by atoms with Crippen LogP contribution in [0.2, 0.25) is 0 Å². The summed E-state index contributed by atoms with van der Waals surface area (Å²) >= 11 is 0. The summed E-state index contributed by atoms with van der Waals surface area (Å²) in [6, 6.07) is 8.99. The van der Waals surface area contributed by atoms with Crippen LogP contribution in [-0.4, -0.2) is 0 Å². The highest BCUT2D eigenvalue weighted by atomic mass is 14.3. The molecule has 1 aliphatic rings. The van der Waals surface area contributed by atoms with Crippen molar-refractivity contribution in [3.05, 3.63) is 34.9 Å². The molecule has 72 valence electrons. The Labute approximate surface area is 85.4 Å². The standard InChI is InChI=1S/C13H15N/c1-10-2-4-12-5-3-11(6-7-14)9-13(12)8-10/h2,4,8,11H,3,5-6,9H2,1H3. The molecule has 0 fully saturated rings. The molecule has 0 bridgehead atoms. The first-order valence-electron chi connectivity index (χ1n) is 5.25. The Bertz CT molecular complexity index is 373. The van der Waals surface area contributed by atoms with E-state index in [4.69, 9.17) is 5.26 Å². The smallest absolute Gasteiger partial charge is 0.0624 e. The van der Waals surface area contributed by atoms with Crippen LogP contribution in [-0.2, 0) is 12.8 Å². The highest BCUT2D eigenvalue weighted by Gasteiger charge is 2.17. The summed E-state index contributed by atoms with van der Waals surface area (Å²) in [5.41, 5.74) is 4.29. The van der Waals surface area contributed by atoms with Crippen LogP contribution < -0.4 is 0 Å². The van der Waals surface area contributed by atoms with E-state index in [1.165, 1.54) is 23.1 Å². The number of fused-ring (bicyclic) bond motifs is 1. The van der Waals surface area contributed by atoms with Gasteiger partial charge in [0.25, 0.3) is 0 Å². The zero-order valence-corrected chi connectivity index (χ0v) is 8.59. The molecule has 1 heteroatoms. The molecule has 0 aromatic heterocycles. The zero-order valence-electron chi connectivity index (χ0n) is 8.59. The lowest BCUT2D eigenvalue weighted by molar-refractivity contribution is 0.467. The van der Waals surface area contributed by atoms with Gasteiger partial charge in [-0.05, 0) is 43.2 Å². The molecular weight excluding hydrogens is 170 g/mol. The maximum absolute atomic E-state index is 8.67.